The molecule has 0 bridgehead atoms. The minimum Gasteiger partial charge on any atom is -0.410 e. The normalized spacial score (nSPS) is 10.9. The number of thiophene rings is 1. The van der Waals surface area contributed by atoms with Gasteiger partial charge in [0, 0.05) is 16.9 Å². The van der Waals surface area contributed by atoms with Gasteiger partial charge in [-0.15, -0.1) is 21.5 Å². The minimum absolute atomic E-state index is 0.149. The van der Waals surface area contributed by atoms with Gasteiger partial charge in [-0.3, -0.25) is 9.36 Å². The summed E-state index contributed by atoms with van der Waals surface area (Å²) in [6.07, 6.45) is 0.338. The van der Waals surface area contributed by atoms with Crippen LogP contribution < -0.4 is 10.5 Å². The molecule has 0 saturated carbocycles. The topological polar surface area (TPSA) is 100 Å². The minimum atomic E-state index is -0.868. The summed E-state index contributed by atoms with van der Waals surface area (Å²) in [4.78, 5) is 25.8. The fourth-order valence-corrected chi connectivity index (χ4v) is 5.13. The fourth-order valence-electron chi connectivity index (χ4n) is 3.75. The van der Waals surface area contributed by atoms with Gasteiger partial charge < -0.3 is 10.5 Å². The van der Waals surface area contributed by atoms with E-state index >= 15 is 0 Å². The number of rotatable bonds is 7. The number of nitrogens with two attached hydrogens (primary N) is 1. The molecule has 7 nitrogen and oxygen atoms in total. The Hall–Kier alpha value is -3.49. The molecule has 0 fully saturated rings. The van der Waals surface area contributed by atoms with Crippen LogP contribution in [-0.2, 0) is 12.8 Å². The van der Waals surface area contributed by atoms with Crippen LogP contribution in [0.1, 0.15) is 50.5 Å². The van der Waals surface area contributed by atoms with E-state index < -0.39 is 6.09 Å². The van der Waals surface area contributed by atoms with E-state index in [0.29, 0.717) is 40.0 Å². The van der Waals surface area contributed by atoms with E-state index in [0.717, 1.165) is 27.4 Å². The van der Waals surface area contributed by atoms with Gasteiger partial charge in [0.05, 0.1) is 10.6 Å². The van der Waals surface area contributed by atoms with Gasteiger partial charge in [-0.2, -0.15) is 0 Å². The Balaban J connectivity index is 1.79. The third kappa shape index (κ3) is 4.60. The summed E-state index contributed by atoms with van der Waals surface area (Å²) in [6, 6.07) is 14.4. The Labute approximate surface area is 206 Å². The molecular weight excluding hydrogens is 472 g/mol. The molecule has 0 atom stereocenters. The van der Waals surface area contributed by atoms with Gasteiger partial charge in [-0.1, -0.05) is 42.8 Å². The highest BCUT2D eigenvalue weighted by atomic mass is 35.5. The zero-order valence-electron chi connectivity index (χ0n) is 19.0. The van der Waals surface area contributed by atoms with Crippen molar-refractivity contribution in [2.24, 2.45) is 5.73 Å². The van der Waals surface area contributed by atoms with E-state index in [-0.39, 0.29) is 5.78 Å². The monoisotopic (exact) mass is 494 g/mol. The van der Waals surface area contributed by atoms with E-state index in [9.17, 15) is 9.59 Å². The van der Waals surface area contributed by atoms with Gasteiger partial charge in [-0.05, 0) is 55.7 Å². The molecule has 0 aliphatic heterocycles. The van der Waals surface area contributed by atoms with Gasteiger partial charge in [0.2, 0.25) is 0 Å². The highest BCUT2D eigenvalue weighted by Crippen LogP contribution is 2.33. The van der Waals surface area contributed by atoms with E-state index in [1.54, 1.807) is 36.4 Å². The van der Waals surface area contributed by atoms with Crippen LogP contribution in [0.2, 0.25) is 5.02 Å². The first-order valence-corrected chi connectivity index (χ1v) is 11.9. The van der Waals surface area contributed by atoms with Crippen molar-refractivity contribution in [3.63, 3.8) is 0 Å². The van der Waals surface area contributed by atoms with Crippen LogP contribution in [-0.4, -0.2) is 26.6 Å². The second-order valence-electron chi connectivity index (χ2n) is 7.73. The number of hydrogen-bond acceptors (Lipinski definition) is 6. The number of aryl methyl sites for hydroxylation is 2. The summed E-state index contributed by atoms with van der Waals surface area (Å²) in [5.74, 6) is 1.57. The van der Waals surface area contributed by atoms with Gasteiger partial charge in [0.15, 0.2) is 5.78 Å². The van der Waals surface area contributed by atoms with Crippen LogP contribution in [0.25, 0.3) is 5.00 Å². The summed E-state index contributed by atoms with van der Waals surface area (Å²) in [6.45, 7) is 5.76. The van der Waals surface area contributed by atoms with Crippen LogP contribution in [0.4, 0.5) is 4.79 Å². The van der Waals surface area contributed by atoms with E-state index in [2.05, 4.69) is 10.2 Å². The molecule has 174 valence electrons. The average Bonchev–Trinajstić information content (AvgIpc) is 3.39. The van der Waals surface area contributed by atoms with Crippen molar-refractivity contribution in [3.8, 4) is 10.8 Å². The molecule has 4 rings (SSSR count). The van der Waals surface area contributed by atoms with Crippen molar-refractivity contribution in [2.75, 3.05) is 0 Å². The summed E-state index contributed by atoms with van der Waals surface area (Å²) < 4.78 is 7.02. The van der Waals surface area contributed by atoms with Gasteiger partial charge >= 0.3 is 6.09 Å². The molecular formula is C25H23ClN4O3S. The molecule has 34 heavy (non-hydrogen) atoms. The molecule has 2 aromatic carbocycles. The van der Waals surface area contributed by atoms with Crippen molar-refractivity contribution >= 4 is 34.8 Å². The molecule has 0 aliphatic rings. The van der Waals surface area contributed by atoms with Crippen LogP contribution in [0, 0.1) is 13.8 Å². The number of carbonyl (C=O) groups excluding carboxylic acids is 2. The lowest BCUT2D eigenvalue weighted by atomic mass is 10.0. The number of aromatic nitrogens is 3. The quantitative estimate of drug-likeness (QED) is 0.345. The first kappa shape index (κ1) is 23.7. The molecule has 2 heterocycles. The van der Waals surface area contributed by atoms with Crippen molar-refractivity contribution in [3.05, 3.63) is 92.3 Å². The van der Waals surface area contributed by atoms with Crippen LogP contribution in [0.5, 0.6) is 5.75 Å². The lowest BCUT2D eigenvalue weighted by Gasteiger charge is -2.12. The summed E-state index contributed by atoms with van der Waals surface area (Å²) in [7, 11) is 0. The summed E-state index contributed by atoms with van der Waals surface area (Å²) >= 11 is 7.87. The molecule has 0 spiro atoms. The molecule has 0 radical (unpaired) electrons. The van der Waals surface area contributed by atoms with Crippen LogP contribution in [0.15, 0.2) is 48.5 Å². The zero-order chi connectivity index (χ0) is 24.4. The zero-order valence-corrected chi connectivity index (χ0v) is 20.5. The first-order valence-electron chi connectivity index (χ1n) is 10.7. The molecule has 1 amide bonds. The third-order valence-electron chi connectivity index (χ3n) is 5.53. The number of halogens is 1. The number of nitrogens with zero attached hydrogens (tertiary/aromatic N) is 3. The molecule has 9 heteroatoms. The number of hydrogen-bond donors (Lipinski definition) is 1. The Morgan fingerprint density at radius 3 is 2.56 bits per heavy atom. The maximum Gasteiger partial charge on any atom is 0.409 e. The number of carbonyl (C=O) groups is 2. The van der Waals surface area contributed by atoms with Crippen molar-refractivity contribution in [1.82, 2.24) is 14.8 Å². The Morgan fingerprint density at radius 2 is 1.85 bits per heavy atom. The van der Waals surface area contributed by atoms with Crippen molar-refractivity contribution in [1.29, 1.82) is 0 Å². The lowest BCUT2D eigenvalue weighted by Crippen LogP contribution is -2.17. The van der Waals surface area contributed by atoms with E-state index in [4.69, 9.17) is 22.1 Å². The Kier molecular flexibility index (Phi) is 6.81. The predicted molar refractivity (Wildman–Crippen MR) is 132 cm³/mol. The van der Waals surface area contributed by atoms with E-state index in [1.165, 1.54) is 11.3 Å². The van der Waals surface area contributed by atoms with Crippen molar-refractivity contribution in [2.45, 2.75) is 33.6 Å². The van der Waals surface area contributed by atoms with Gasteiger partial charge in [-0.25, -0.2) is 4.79 Å². The number of benzene rings is 2. The number of ketones is 1. The maximum absolute atomic E-state index is 13.5. The fraction of sp³-hybridized carbons (Fsp3) is 0.200. The second kappa shape index (κ2) is 9.79. The number of ether oxygens (including phenoxy) is 1. The molecule has 0 saturated heterocycles. The maximum atomic E-state index is 13.5. The second-order valence-corrected chi connectivity index (χ2v) is 9.25. The molecule has 2 N–H and O–H groups in total. The average molecular weight is 495 g/mol. The van der Waals surface area contributed by atoms with Crippen LogP contribution >= 0.6 is 22.9 Å². The third-order valence-corrected chi connectivity index (χ3v) is 7.12. The predicted octanol–water partition coefficient (Wildman–Crippen LogP) is 5.44. The van der Waals surface area contributed by atoms with Gasteiger partial charge in [0.1, 0.15) is 22.4 Å². The Bertz CT molecular complexity index is 1390. The highest BCUT2D eigenvalue weighted by molar-refractivity contribution is 7.15. The molecule has 0 aliphatic carbocycles. The summed E-state index contributed by atoms with van der Waals surface area (Å²) in [5, 5.41) is 9.85. The first-order chi connectivity index (χ1) is 16.3. The highest BCUT2D eigenvalue weighted by Gasteiger charge is 2.24. The molecule has 4 aromatic rings. The van der Waals surface area contributed by atoms with Gasteiger partial charge in [0.25, 0.3) is 0 Å². The summed E-state index contributed by atoms with van der Waals surface area (Å²) in [5.41, 5.74) is 7.88. The van der Waals surface area contributed by atoms with Crippen molar-refractivity contribution < 1.29 is 14.3 Å². The van der Waals surface area contributed by atoms with E-state index in [1.807, 2.05) is 37.5 Å². The molecule has 2 aromatic heterocycles. The lowest BCUT2D eigenvalue weighted by molar-refractivity contribution is 0.103. The molecule has 0 unspecified atom stereocenters. The smallest absolute Gasteiger partial charge is 0.409 e. The number of amides is 1. The standard InChI is InChI=1S/C25H23ClN4O3S/c1-4-17-13-19(23(31)18-9-5-6-10-20(18)26)24(34-17)30-15(3)28-29-22(30)12-16-8-7-11-21(14(16)2)33-25(27)32/h5-11,13H,4,12H2,1-3H3,(H2,27,32). The Morgan fingerprint density at radius 1 is 1.09 bits per heavy atom. The van der Waals surface area contributed by atoms with Crippen LogP contribution in [0.3, 0.4) is 0 Å². The number of primary amides is 1. The SMILES string of the molecule is CCc1cc(C(=O)c2ccccc2Cl)c(-n2c(C)nnc2Cc2cccc(OC(N)=O)c2C)s1. The largest absolute Gasteiger partial charge is 0.410 e.